The molecule has 1 aromatic heterocycles. The Morgan fingerprint density at radius 1 is 1.24 bits per heavy atom. The predicted molar refractivity (Wildman–Crippen MR) is 114 cm³/mol. The van der Waals surface area contributed by atoms with E-state index < -0.39 is 5.92 Å². The molecule has 1 aromatic carbocycles. The number of benzene rings is 1. The van der Waals surface area contributed by atoms with E-state index in [1.54, 1.807) is 18.4 Å². The lowest BCUT2D eigenvalue weighted by Crippen LogP contribution is -2.42. The molecule has 1 atom stereocenters. The lowest BCUT2D eigenvalue weighted by atomic mass is 9.69. The highest BCUT2D eigenvalue weighted by molar-refractivity contribution is 7.10. The number of carbonyl (C=O) groups is 1. The third-order valence-electron chi connectivity index (χ3n) is 5.54. The summed E-state index contributed by atoms with van der Waals surface area (Å²) in [6.07, 6.45) is 1.17. The van der Waals surface area contributed by atoms with Crippen LogP contribution in [0.1, 0.15) is 37.5 Å². The Morgan fingerprint density at radius 2 is 1.97 bits per heavy atom. The maximum absolute atomic E-state index is 13.3. The minimum Gasteiger partial charge on any atom is -0.497 e. The van der Waals surface area contributed by atoms with Gasteiger partial charge in [-0.1, -0.05) is 19.9 Å². The van der Waals surface area contributed by atoms with Gasteiger partial charge in [-0.25, -0.2) is 0 Å². The van der Waals surface area contributed by atoms with Crippen LogP contribution < -0.4 is 15.4 Å². The Kier molecular flexibility index (Phi) is 4.71. The molecular formula is C23H23N3O2S. The molecule has 0 amide bonds. The van der Waals surface area contributed by atoms with Crippen molar-refractivity contribution in [1.29, 1.82) is 5.26 Å². The van der Waals surface area contributed by atoms with Crippen LogP contribution in [0.5, 0.6) is 5.75 Å². The largest absolute Gasteiger partial charge is 0.497 e. The molecule has 29 heavy (non-hydrogen) atoms. The van der Waals surface area contributed by atoms with E-state index in [-0.39, 0.29) is 11.2 Å². The molecule has 0 saturated carbocycles. The maximum Gasteiger partial charge on any atom is 0.162 e. The van der Waals surface area contributed by atoms with E-state index in [4.69, 9.17) is 10.5 Å². The van der Waals surface area contributed by atoms with E-state index in [0.717, 1.165) is 22.0 Å². The summed E-state index contributed by atoms with van der Waals surface area (Å²) in [6, 6.07) is 13.7. The number of Topliss-reactive ketones (excluding diaryl/α,β-unsaturated/α-hetero) is 1. The molecule has 2 N–H and O–H groups in total. The van der Waals surface area contributed by atoms with Gasteiger partial charge in [0, 0.05) is 28.3 Å². The summed E-state index contributed by atoms with van der Waals surface area (Å²) in [5.74, 6) is 0.821. The first-order valence-corrected chi connectivity index (χ1v) is 10.4. The number of hydrogen-bond donors (Lipinski definition) is 1. The Morgan fingerprint density at radius 3 is 2.55 bits per heavy atom. The molecule has 1 aliphatic carbocycles. The molecule has 4 rings (SSSR count). The quantitative estimate of drug-likeness (QED) is 0.801. The van der Waals surface area contributed by atoms with Crippen LogP contribution in [0.25, 0.3) is 0 Å². The van der Waals surface area contributed by atoms with Gasteiger partial charge in [-0.15, -0.1) is 11.3 Å². The van der Waals surface area contributed by atoms with Gasteiger partial charge in [-0.05, 0) is 47.5 Å². The van der Waals surface area contributed by atoms with E-state index in [2.05, 4.69) is 19.9 Å². The van der Waals surface area contributed by atoms with Gasteiger partial charge < -0.3 is 10.5 Å². The highest BCUT2D eigenvalue weighted by Gasteiger charge is 2.44. The van der Waals surface area contributed by atoms with Crippen LogP contribution in [0.4, 0.5) is 5.69 Å². The summed E-state index contributed by atoms with van der Waals surface area (Å²) < 4.78 is 5.27. The molecule has 2 aromatic rings. The van der Waals surface area contributed by atoms with Crippen molar-refractivity contribution in [3.8, 4) is 11.8 Å². The smallest absolute Gasteiger partial charge is 0.162 e. The van der Waals surface area contributed by atoms with Gasteiger partial charge in [0.1, 0.15) is 11.6 Å². The Balaban J connectivity index is 1.96. The van der Waals surface area contributed by atoms with Gasteiger partial charge in [0.2, 0.25) is 0 Å². The number of thiophene rings is 1. The molecule has 0 saturated heterocycles. The van der Waals surface area contributed by atoms with E-state index in [9.17, 15) is 10.1 Å². The molecule has 6 heteroatoms. The fraction of sp³-hybridized carbons (Fsp3) is 0.304. The number of nitrogens with two attached hydrogens (primary N) is 1. The lowest BCUT2D eigenvalue weighted by molar-refractivity contribution is -0.118. The van der Waals surface area contributed by atoms with Crippen LogP contribution in [0.3, 0.4) is 0 Å². The zero-order valence-corrected chi connectivity index (χ0v) is 17.5. The van der Waals surface area contributed by atoms with Crippen LogP contribution in [0.2, 0.25) is 0 Å². The molecule has 0 spiro atoms. The lowest BCUT2D eigenvalue weighted by Gasteiger charge is -2.43. The number of hydrogen-bond acceptors (Lipinski definition) is 6. The normalized spacial score (nSPS) is 21.1. The van der Waals surface area contributed by atoms with Crippen molar-refractivity contribution in [2.75, 3.05) is 12.0 Å². The minimum absolute atomic E-state index is 0.0911. The number of nitriles is 1. The molecule has 1 unspecified atom stereocenters. The van der Waals surface area contributed by atoms with Crippen LogP contribution in [-0.4, -0.2) is 12.9 Å². The van der Waals surface area contributed by atoms with Gasteiger partial charge in [0.15, 0.2) is 5.78 Å². The second-order valence-corrected chi connectivity index (χ2v) is 9.17. The standard InChI is InChI=1S/C23H23N3O2S/c1-23(2)11-17-21(18(27)12-23)20(19-5-4-10-29-19)16(13-24)22(25)26(17)14-6-8-15(28-3)9-7-14/h4-10,20H,11-12,25H2,1-3H3. The van der Waals surface area contributed by atoms with Gasteiger partial charge in [-0.2, -0.15) is 5.26 Å². The summed E-state index contributed by atoms with van der Waals surface area (Å²) >= 11 is 1.55. The highest BCUT2D eigenvalue weighted by Crippen LogP contribution is 2.50. The first-order valence-electron chi connectivity index (χ1n) is 9.50. The maximum atomic E-state index is 13.3. The average Bonchev–Trinajstić information content (AvgIpc) is 3.21. The topological polar surface area (TPSA) is 79.3 Å². The van der Waals surface area contributed by atoms with E-state index in [1.165, 1.54) is 0 Å². The van der Waals surface area contributed by atoms with Gasteiger partial charge >= 0.3 is 0 Å². The number of ether oxygens (including phenoxy) is 1. The molecule has 0 fully saturated rings. The van der Waals surface area contributed by atoms with Crippen LogP contribution >= 0.6 is 11.3 Å². The second-order valence-electron chi connectivity index (χ2n) is 8.19. The summed E-state index contributed by atoms with van der Waals surface area (Å²) in [4.78, 5) is 16.2. The van der Waals surface area contributed by atoms with E-state index in [0.29, 0.717) is 29.8 Å². The van der Waals surface area contributed by atoms with Crippen molar-refractivity contribution >= 4 is 22.8 Å². The highest BCUT2D eigenvalue weighted by atomic mass is 32.1. The van der Waals surface area contributed by atoms with Gasteiger partial charge in [0.25, 0.3) is 0 Å². The summed E-state index contributed by atoms with van der Waals surface area (Å²) in [5.41, 5.74) is 9.25. The van der Waals surface area contributed by atoms with Crippen molar-refractivity contribution in [1.82, 2.24) is 0 Å². The van der Waals surface area contributed by atoms with Crippen molar-refractivity contribution in [2.45, 2.75) is 32.6 Å². The molecule has 1 aliphatic heterocycles. The number of nitrogens with zero attached hydrogens (tertiary/aromatic N) is 2. The van der Waals surface area contributed by atoms with Gasteiger partial charge in [-0.3, -0.25) is 9.69 Å². The van der Waals surface area contributed by atoms with Gasteiger partial charge in [0.05, 0.1) is 24.7 Å². The Bertz CT molecular complexity index is 1060. The fourth-order valence-corrected chi connectivity index (χ4v) is 5.12. The SMILES string of the molecule is COc1ccc(N2C(N)=C(C#N)C(c3cccs3)C3=C2CC(C)(C)CC3=O)cc1. The van der Waals surface area contributed by atoms with E-state index in [1.807, 2.05) is 46.7 Å². The third kappa shape index (κ3) is 3.22. The molecule has 2 aliphatic rings. The zero-order chi connectivity index (χ0) is 20.8. The predicted octanol–water partition coefficient (Wildman–Crippen LogP) is 4.70. The molecule has 0 bridgehead atoms. The first kappa shape index (κ1) is 19.3. The number of methoxy groups -OCH3 is 1. The minimum atomic E-state index is -0.395. The molecule has 0 radical (unpaired) electrons. The Hall–Kier alpha value is -3.04. The summed E-state index contributed by atoms with van der Waals surface area (Å²) in [5, 5.41) is 12.0. The zero-order valence-electron chi connectivity index (χ0n) is 16.7. The molecule has 5 nitrogen and oxygen atoms in total. The van der Waals surface area contributed by atoms with Crippen molar-refractivity contribution < 1.29 is 9.53 Å². The van der Waals surface area contributed by atoms with Crippen LogP contribution in [0, 0.1) is 16.7 Å². The number of rotatable bonds is 3. The molecular weight excluding hydrogens is 382 g/mol. The first-order chi connectivity index (χ1) is 13.9. The van der Waals surface area contributed by atoms with E-state index >= 15 is 0 Å². The fourth-order valence-electron chi connectivity index (χ4n) is 4.28. The van der Waals surface area contributed by atoms with Crippen molar-refractivity contribution in [3.63, 3.8) is 0 Å². The van der Waals surface area contributed by atoms with Crippen LogP contribution in [0.15, 0.2) is 64.4 Å². The number of allylic oxidation sites excluding steroid dienone is 3. The summed E-state index contributed by atoms with van der Waals surface area (Å²) in [6.45, 7) is 4.20. The number of anilines is 1. The number of ketones is 1. The Labute approximate surface area is 174 Å². The summed E-state index contributed by atoms with van der Waals surface area (Å²) in [7, 11) is 1.62. The number of carbonyl (C=O) groups excluding carboxylic acids is 1. The van der Waals surface area contributed by atoms with Crippen molar-refractivity contribution in [2.24, 2.45) is 11.1 Å². The molecule has 2 heterocycles. The average molecular weight is 406 g/mol. The van der Waals surface area contributed by atoms with Crippen LogP contribution in [-0.2, 0) is 4.79 Å². The monoisotopic (exact) mass is 405 g/mol. The molecule has 148 valence electrons. The van der Waals surface area contributed by atoms with Crippen molar-refractivity contribution in [3.05, 3.63) is 69.3 Å². The second kappa shape index (κ2) is 7.09. The third-order valence-corrected chi connectivity index (χ3v) is 6.48.